The Bertz CT molecular complexity index is 537. The number of hydrogen-bond donors (Lipinski definition) is 3. The van der Waals surface area contributed by atoms with Crippen LogP contribution in [0.3, 0.4) is 0 Å². The summed E-state index contributed by atoms with van der Waals surface area (Å²) in [4.78, 5) is 0.241. The van der Waals surface area contributed by atoms with Crippen LogP contribution in [0.15, 0.2) is 29.2 Å². The molecule has 0 aliphatic heterocycles. The summed E-state index contributed by atoms with van der Waals surface area (Å²) in [5.41, 5.74) is 0.658. The van der Waals surface area contributed by atoms with Gasteiger partial charge in [-0.3, -0.25) is 0 Å². The third-order valence-electron chi connectivity index (χ3n) is 3.55. The van der Waals surface area contributed by atoms with Crippen molar-refractivity contribution in [2.45, 2.75) is 29.9 Å². The van der Waals surface area contributed by atoms with E-state index in [9.17, 15) is 18.6 Å². The van der Waals surface area contributed by atoms with Crippen molar-refractivity contribution in [3.05, 3.63) is 29.8 Å². The average molecular weight is 299 g/mol. The van der Waals surface area contributed by atoms with Gasteiger partial charge in [0.2, 0.25) is 0 Å². The maximum Gasteiger partial charge on any atom is 0.175 e. The molecule has 0 aromatic heterocycles. The van der Waals surface area contributed by atoms with E-state index < -0.39 is 15.9 Å². The lowest BCUT2D eigenvalue weighted by atomic mass is 10.1. The number of hydrogen-bond acceptors (Lipinski definition) is 5. The number of sulfone groups is 1. The number of aliphatic hydroxyl groups excluding tert-OH is 2. The van der Waals surface area contributed by atoms with E-state index in [-0.39, 0.29) is 11.0 Å². The second-order valence-corrected chi connectivity index (χ2v) is 7.44. The molecule has 6 heteroatoms. The zero-order chi connectivity index (χ0) is 14.8. The Morgan fingerprint density at radius 3 is 2.30 bits per heavy atom. The summed E-state index contributed by atoms with van der Waals surface area (Å²) in [5, 5.41) is 22.7. The SMILES string of the molecule is CS(=O)(=O)c1ccc(C(O)CNCC(O)C2CC2)cc1. The lowest BCUT2D eigenvalue weighted by molar-refractivity contribution is 0.132. The highest BCUT2D eigenvalue weighted by molar-refractivity contribution is 7.90. The number of aliphatic hydroxyl groups is 2. The minimum Gasteiger partial charge on any atom is -0.392 e. The lowest BCUT2D eigenvalue weighted by Gasteiger charge is -2.15. The summed E-state index contributed by atoms with van der Waals surface area (Å²) in [6.07, 6.45) is 2.26. The smallest absolute Gasteiger partial charge is 0.175 e. The van der Waals surface area contributed by atoms with E-state index in [4.69, 9.17) is 0 Å². The molecule has 3 N–H and O–H groups in total. The fourth-order valence-corrected chi connectivity index (χ4v) is 2.70. The number of benzene rings is 1. The minimum atomic E-state index is -3.21. The third-order valence-corrected chi connectivity index (χ3v) is 4.68. The van der Waals surface area contributed by atoms with Gasteiger partial charge < -0.3 is 15.5 Å². The van der Waals surface area contributed by atoms with Gasteiger partial charge in [-0.25, -0.2) is 8.42 Å². The van der Waals surface area contributed by atoms with Crippen LogP contribution in [0.5, 0.6) is 0 Å². The zero-order valence-corrected chi connectivity index (χ0v) is 12.3. The van der Waals surface area contributed by atoms with Gasteiger partial charge in [0, 0.05) is 19.3 Å². The third kappa shape index (κ3) is 4.28. The molecule has 1 aromatic rings. The van der Waals surface area contributed by atoms with Crippen LogP contribution in [0, 0.1) is 5.92 Å². The predicted molar refractivity (Wildman–Crippen MR) is 76.1 cm³/mol. The van der Waals surface area contributed by atoms with Crippen LogP contribution >= 0.6 is 0 Å². The van der Waals surface area contributed by atoms with Crippen LogP contribution in [0.2, 0.25) is 0 Å². The molecule has 2 rings (SSSR count). The molecule has 2 unspecified atom stereocenters. The van der Waals surface area contributed by atoms with Crippen molar-refractivity contribution in [2.24, 2.45) is 5.92 Å². The molecule has 0 radical (unpaired) electrons. The van der Waals surface area contributed by atoms with Crippen LogP contribution < -0.4 is 5.32 Å². The van der Waals surface area contributed by atoms with Crippen LogP contribution in [-0.4, -0.2) is 44.1 Å². The first-order chi connectivity index (χ1) is 9.38. The highest BCUT2D eigenvalue weighted by atomic mass is 32.2. The molecule has 20 heavy (non-hydrogen) atoms. The summed E-state index contributed by atoms with van der Waals surface area (Å²) < 4.78 is 22.7. The monoisotopic (exact) mass is 299 g/mol. The summed E-state index contributed by atoms with van der Waals surface area (Å²) in [6.45, 7) is 0.811. The predicted octanol–water partition coefficient (Wildman–Crippen LogP) is 0.484. The quantitative estimate of drug-likeness (QED) is 0.682. The Hall–Kier alpha value is -0.950. The van der Waals surface area contributed by atoms with Crippen molar-refractivity contribution >= 4 is 9.84 Å². The first-order valence-electron chi connectivity index (χ1n) is 6.75. The maximum absolute atomic E-state index is 11.3. The molecule has 1 fully saturated rings. The number of rotatable bonds is 7. The molecular formula is C14H21NO4S. The van der Waals surface area contributed by atoms with Gasteiger partial charge in [-0.05, 0) is 36.5 Å². The minimum absolute atomic E-state index is 0.241. The second-order valence-electron chi connectivity index (χ2n) is 5.42. The Balaban J connectivity index is 1.84. The van der Waals surface area contributed by atoms with E-state index >= 15 is 0 Å². The molecule has 112 valence electrons. The largest absolute Gasteiger partial charge is 0.392 e. The number of nitrogens with one attached hydrogen (secondary N) is 1. The Morgan fingerprint density at radius 1 is 1.20 bits per heavy atom. The molecule has 1 aromatic carbocycles. The van der Waals surface area contributed by atoms with Crippen molar-refractivity contribution in [1.29, 1.82) is 0 Å². The first kappa shape index (κ1) is 15.4. The molecule has 0 amide bonds. The molecule has 0 bridgehead atoms. The van der Waals surface area contributed by atoms with Gasteiger partial charge in [0.1, 0.15) is 0 Å². The molecule has 5 nitrogen and oxygen atoms in total. The molecule has 0 spiro atoms. The average Bonchev–Trinajstić information content (AvgIpc) is 3.22. The maximum atomic E-state index is 11.3. The van der Waals surface area contributed by atoms with Gasteiger partial charge in [-0.2, -0.15) is 0 Å². The van der Waals surface area contributed by atoms with Gasteiger partial charge in [-0.15, -0.1) is 0 Å². The molecule has 0 heterocycles. The van der Waals surface area contributed by atoms with Crippen LogP contribution in [0.4, 0.5) is 0 Å². The molecule has 0 saturated heterocycles. The van der Waals surface area contributed by atoms with Gasteiger partial charge >= 0.3 is 0 Å². The molecular weight excluding hydrogens is 278 g/mol. The summed E-state index contributed by atoms with van der Waals surface area (Å²) >= 11 is 0. The van der Waals surface area contributed by atoms with E-state index in [1.807, 2.05) is 0 Å². The molecule has 1 saturated carbocycles. The fraction of sp³-hybridized carbons (Fsp3) is 0.571. The lowest BCUT2D eigenvalue weighted by Crippen LogP contribution is -2.31. The van der Waals surface area contributed by atoms with Gasteiger partial charge in [-0.1, -0.05) is 12.1 Å². The van der Waals surface area contributed by atoms with Crippen molar-refractivity contribution in [1.82, 2.24) is 5.32 Å². The molecule has 1 aliphatic rings. The molecule has 2 atom stereocenters. The van der Waals surface area contributed by atoms with Crippen LogP contribution in [-0.2, 0) is 9.84 Å². The van der Waals surface area contributed by atoms with E-state index in [0.29, 0.717) is 24.6 Å². The van der Waals surface area contributed by atoms with E-state index in [2.05, 4.69) is 5.32 Å². The van der Waals surface area contributed by atoms with Gasteiger partial charge in [0.05, 0.1) is 17.1 Å². The standard InChI is InChI=1S/C14H21NO4S/c1-20(18,19)12-6-4-11(5-7-12)14(17)9-15-8-13(16)10-2-3-10/h4-7,10,13-17H,2-3,8-9H2,1H3. The first-order valence-corrected chi connectivity index (χ1v) is 8.64. The Morgan fingerprint density at radius 2 is 1.80 bits per heavy atom. The van der Waals surface area contributed by atoms with Gasteiger partial charge in [0.15, 0.2) is 9.84 Å². The van der Waals surface area contributed by atoms with Crippen LogP contribution in [0.1, 0.15) is 24.5 Å². The summed E-state index contributed by atoms with van der Waals surface area (Å²) in [7, 11) is -3.21. The van der Waals surface area contributed by atoms with Gasteiger partial charge in [0.25, 0.3) is 0 Å². The highest BCUT2D eigenvalue weighted by Gasteiger charge is 2.29. The van der Waals surface area contributed by atoms with Crippen LogP contribution in [0.25, 0.3) is 0 Å². The Kier molecular flexibility index (Phi) is 4.80. The molecule has 1 aliphatic carbocycles. The van der Waals surface area contributed by atoms with E-state index in [1.165, 1.54) is 12.1 Å². The van der Waals surface area contributed by atoms with Crippen molar-refractivity contribution < 1.29 is 18.6 Å². The summed E-state index contributed by atoms with van der Waals surface area (Å²) in [5.74, 6) is 0.411. The van der Waals surface area contributed by atoms with E-state index in [0.717, 1.165) is 19.1 Å². The highest BCUT2D eigenvalue weighted by Crippen LogP contribution is 2.32. The topological polar surface area (TPSA) is 86.6 Å². The normalized spacial score (nSPS) is 18.8. The van der Waals surface area contributed by atoms with E-state index in [1.54, 1.807) is 12.1 Å². The van der Waals surface area contributed by atoms with Crippen molar-refractivity contribution in [2.75, 3.05) is 19.3 Å². The fourth-order valence-electron chi connectivity index (χ4n) is 2.07. The summed E-state index contributed by atoms with van der Waals surface area (Å²) in [6, 6.07) is 6.21. The second kappa shape index (κ2) is 6.22. The Labute approximate surface area is 119 Å². The van der Waals surface area contributed by atoms with Crippen molar-refractivity contribution in [3.8, 4) is 0 Å². The van der Waals surface area contributed by atoms with Crippen molar-refractivity contribution in [3.63, 3.8) is 0 Å². The zero-order valence-electron chi connectivity index (χ0n) is 11.5.